The molecular weight excluding hydrogens is 466 g/mol. The average Bonchev–Trinajstić information content (AvgIpc) is 2.87. The summed E-state index contributed by atoms with van der Waals surface area (Å²) in [5.74, 6) is 11.9. The Morgan fingerprint density at radius 2 is 2.03 bits per heavy atom. The molecule has 12 nitrogen and oxygen atoms in total. The number of hydrogen-bond donors (Lipinski definition) is 4. The molecule has 1 unspecified atom stereocenters. The molecule has 0 bridgehead atoms. The number of aromatic nitrogens is 1. The van der Waals surface area contributed by atoms with Crippen molar-refractivity contribution in [1.82, 2.24) is 14.9 Å². The van der Waals surface area contributed by atoms with Crippen LogP contribution < -0.4 is 21.7 Å². The predicted octanol–water partition coefficient (Wildman–Crippen LogP) is 1.42. The van der Waals surface area contributed by atoms with Crippen LogP contribution in [-0.4, -0.2) is 70.2 Å². The minimum absolute atomic E-state index is 0.146. The minimum Gasteiger partial charge on any atom is -0.496 e. The molecular formula is C24H33N7O5. The van der Waals surface area contributed by atoms with Gasteiger partial charge in [0.2, 0.25) is 0 Å². The van der Waals surface area contributed by atoms with Crippen LogP contribution in [0.4, 0.5) is 10.6 Å². The number of nitrogens with one attached hydrogen (secondary N) is 1. The number of anilines is 1. The Bertz CT molecular complexity index is 1140. The number of carbonyl (C=O) groups excluding carboxylic acids is 2. The minimum atomic E-state index is -0.454. The summed E-state index contributed by atoms with van der Waals surface area (Å²) in [4.78, 5) is 31.6. The largest absolute Gasteiger partial charge is 0.496 e. The maximum Gasteiger partial charge on any atom is 0.410 e. The Balaban J connectivity index is 1.84. The fraction of sp³-hybridized carbons (Fsp3) is 0.417. The number of nitrogens with zero attached hydrogens (tertiary/aromatic N) is 4. The summed E-state index contributed by atoms with van der Waals surface area (Å²) in [6.45, 7) is 5.92. The third-order valence-corrected chi connectivity index (χ3v) is 5.70. The van der Waals surface area contributed by atoms with Gasteiger partial charge in [0.05, 0.1) is 31.4 Å². The molecule has 2 aromatic rings. The molecule has 0 saturated carbocycles. The van der Waals surface area contributed by atoms with Gasteiger partial charge in [0, 0.05) is 13.1 Å². The lowest BCUT2D eigenvalue weighted by Crippen LogP contribution is -2.47. The molecule has 1 aromatic heterocycles. The zero-order chi connectivity index (χ0) is 26.4. The van der Waals surface area contributed by atoms with Crippen LogP contribution in [0.1, 0.15) is 48.0 Å². The summed E-state index contributed by atoms with van der Waals surface area (Å²) >= 11 is 0. The second-order valence-electron chi connectivity index (χ2n) is 8.68. The highest BCUT2D eigenvalue weighted by Gasteiger charge is 2.26. The summed E-state index contributed by atoms with van der Waals surface area (Å²) in [6, 6.07) is 8.00. The number of fused-ring (bicyclic) bond motifs is 1. The number of hydrazine groups is 1. The highest BCUT2D eigenvalue weighted by atomic mass is 16.6. The SMILES string of the molecule is COc1cc2c(cc1C(=O)Nc1cccc(/C(=N/N)N(N)C(C)CO)n1)CN(C(=O)OC(C)C)CC2. The Morgan fingerprint density at radius 3 is 2.67 bits per heavy atom. The number of aliphatic hydroxyl groups is 1. The van der Waals surface area contributed by atoms with E-state index in [2.05, 4.69) is 15.4 Å². The summed E-state index contributed by atoms with van der Waals surface area (Å²) < 4.78 is 10.8. The van der Waals surface area contributed by atoms with Gasteiger partial charge < -0.3 is 30.6 Å². The molecule has 1 aromatic carbocycles. The van der Waals surface area contributed by atoms with Crippen molar-refractivity contribution >= 4 is 23.7 Å². The number of pyridine rings is 1. The number of carbonyl (C=O) groups is 2. The van der Waals surface area contributed by atoms with Crippen molar-refractivity contribution in [2.24, 2.45) is 16.8 Å². The fourth-order valence-corrected chi connectivity index (χ4v) is 3.74. The molecule has 0 spiro atoms. The first kappa shape index (κ1) is 26.7. The van der Waals surface area contributed by atoms with Gasteiger partial charge in [0.25, 0.3) is 5.91 Å². The lowest BCUT2D eigenvalue weighted by molar-refractivity contribution is 0.0730. The summed E-state index contributed by atoms with van der Waals surface area (Å²) in [5, 5.41) is 17.0. The second-order valence-corrected chi connectivity index (χ2v) is 8.68. The van der Waals surface area contributed by atoms with Gasteiger partial charge >= 0.3 is 6.09 Å². The zero-order valence-electron chi connectivity index (χ0n) is 20.9. The van der Waals surface area contributed by atoms with Crippen LogP contribution in [0.5, 0.6) is 5.75 Å². The monoisotopic (exact) mass is 499 g/mol. The number of amidine groups is 1. The summed E-state index contributed by atoms with van der Waals surface area (Å²) in [6.07, 6.45) is 0.00990. The van der Waals surface area contributed by atoms with E-state index in [1.807, 2.05) is 6.07 Å². The van der Waals surface area contributed by atoms with Crippen LogP contribution in [-0.2, 0) is 17.7 Å². The summed E-state index contributed by atoms with van der Waals surface area (Å²) in [5.41, 5.74) is 2.45. The molecule has 36 heavy (non-hydrogen) atoms. The van der Waals surface area contributed by atoms with Crippen molar-refractivity contribution in [2.45, 2.75) is 45.9 Å². The van der Waals surface area contributed by atoms with Crippen molar-refractivity contribution in [3.63, 3.8) is 0 Å². The molecule has 1 aliphatic heterocycles. The molecule has 12 heteroatoms. The molecule has 2 heterocycles. The molecule has 0 saturated heterocycles. The topological polar surface area (TPSA) is 169 Å². The molecule has 6 N–H and O–H groups in total. The van der Waals surface area contributed by atoms with Crippen molar-refractivity contribution in [3.8, 4) is 5.75 Å². The quantitative estimate of drug-likeness (QED) is 0.190. The lowest BCUT2D eigenvalue weighted by atomic mass is 9.96. The van der Waals surface area contributed by atoms with E-state index in [-0.39, 0.29) is 30.5 Å². The number of ether oxygens (including phenoxy) is 2. The van der Waals surface area contributed by atoms with E-state index in [9.17, 15) is 14.7 Å². The van der Waals surface area contributed by atoms with Gasteiger partial charge in [-0.3, -0.25) is 9.80 Å². The molecule has 1 aliphatic rings. The number of rotatable bonds is 7. The number of amides is 2. The Morgan fingerprint density at radius 1 is 1.28 bits per heavy atom. The maximum absolute atomic E-state index is 13.2. The standard InChI is InChI=1S/C24H33N7O5/c1-14(2)36-24(34)30-9-8-16-11-20(35-4)18(10-17(16)12-30)23(33)28-21-7-5-6-19(27-21)22(29-25)31(26)15(3)13-32/h5-7,10-11,14-15,32H,8-9,12-13,25-26H2,1-4H3,(H,27,28,33)/b29-22-. The zero-order valence-corrected chi connectivity index (χ0v) is 20.9. The van der Waals surface area contributed by atoms with Gasteiger partial charge in [0.15, 0.2) is 5.84 Å². The number of hydrogen-bond acceptors (Lipinski definition) is 9. The van der Waals surface area contributed by atoms with Gasteiger partial charge in [-0.15, -0.1) is 0 Å². The van der Waals surface area contributed by atoms with Gasteiger partial charge in [0.1, 0.15) is 17.3 Å². The molecule has 0 fully saturated rings. The first-order chi connectivity index (χ1) is 17.2. The van der Waals surface area contributed by atoms with Crippen molar-refractivity contribution in [2.75, 3.05) is 25.6 Å². The molecule has 0 aliphatic carbocycles. The van der Waals surface area contributed by atoms with Crippen LogP contribution in [0.3, 0.4) is 0 Å². The second kappa shape index (κ2) is 11.7. The highest BCUT2D eigenvalue weighted by molar-refractivity contribution is 6.06. The van der Waals surface area contributed by atoms with E-state index in [1.165, 1.54) is 12.1 Å². The molecule has 2 amide bonds. The van der Waals surface area contributed by atoms with Gasteiger partial charge in [-0.2, -0.15) is 5.10 Å². The number of hydrazone groups is 1. The van der Waals surface area contributed by atoms with Crippen molar-refractivity contribution in [3.05, 3.63) is 52.7 Å². The smallest absolute Gasteiger partial charge is 0.410 e. The Hall–Kier alpha value is -3.90. The van der Waals surface area contributed by atoms with E-state index >= 15 is 0 Å². The average molecular weight is 500 g/mol. The van der Waals surface area contributed by atoms with Crippen LogP contribution in [0.15, 0.2) is 35.4 Å². The van der Waals surface area contributed by atoms with Gasteiger partial charge in [-0.25, -0.2) is 15.6 Å². The fourth-order valence-electron chi connectivity index (χ4n) is 3.74. The van der Waals surface area contributed by atoms with Gasteiger partial charge in [-0.1, -0.05) is 6.07 Å². The Labute approximate surface area is 209 Å². The van der Waals surface area contributed by atoms with Crippen LogP contribution >= 0.6 is 0 Å². The van der Waals surface area contributed by atoms with Gasteiger partial charge in [-0.05, 0) is 62.6 Å². The highest BCUT2D eigenvalue weighted by Crippen LogP contribution is 2.29. The van der Waals surface area contributed by atoms with E-state index in [4.69, 9.17) is 21.2 Å². The summed E-state index contributed by atoms with van der Waals surface area (Å²) in [7, 11) is 1.49. The molecule has 194 valence electrons. The number of methoxy groups -OCH3 is 1. The predicted molar refractivity (Wildman–Crippen MR) is 134 cm³/mol. The van der Waals surface area contributed by atoms with E-state index in [0.29, 0.717) is 36.5 Å². The maximum atomic E-state index is 13.2. The van der Waals surface area contributed by atoms with Crippen LogP contribution in [0, 0.1) is 0 Å². The van der Waals surface area contributed by atoms with E-state index < -0.39 is 11.9 Å². The lowest BCUT2D eigenvalue weighted by Gasteiger charge is -2.29. The normalized spacial score (nSPS) is 14.2. The molecule has 1 atom stereocenters. The number of benzene rings is 1. The van der Waals surface area contributed by atoms with Crippen molar-refractivity contribution in [1.29, 1.82) is 0 Å². The van der Waals surface area contributed by atoms with E-state index in [0.717, 1.165) is 11.1 Å². The third-order valence-electron chi connectivity index (χ3n) is 5.70. The number of nitrogens with two attached hydrogens (primary N) is 2. The van der Waals surface area contributed by atoms with E-state index in [1.54, 1.807) is 49.9 Å². The molecule has 3 rings (SSSR count). The number of aliphatic hydroxyl groups excluding tert-OH is 1. The third kappa shape index (κ3) is 6.01. The first-order valence-electron chi connectivity index (χ1n) is 11.5. The molecule has 0 radical (unpaired) electrons. The van der Waals surface area contributed by atoms with Crippen molar-refractivity contribution < 1.29 is 24.2 Å². The first-order valence-corrected chi connectivity index (χ1v) is 11.5. The van der Waals surface area contributed by atoms with Crippen LogP contribution in [0.25, 0.3) is 0 Å². The Kier molecular flexibility index (Phi) is 8.67. The van der Waals surface area contributed by atoms with Crippen LogP contribution in [0.2, 0.25) is 0 Å².